The molecular weight excluding hydrogens is 516 g/mol. The number of ether oxygens (including phenoxy) is 2. The first-order chi connectivity index (χ1) is 19.0. The van der Waals surface area contributed by atoms with Crippen molar-refractivity contribution in [2.75, 3.05) is 63.8 Å². The van der Waals surface area contributed by atoms with Crippen molar-refractivity contribution in [3.05, 3.63) is 55.0 Å². The lowest BCUT2D eigenvalue weighted by atomic mass is 10.0. The highest BCUT2D eigenvalue weighted by molar-refractivity contribution is 7.89. The summed E-state index contributed by atoms with van der Waals surface area (Å²) in [7, 11) is -1.77. The van der Waals surface area contributed by atoms with Crippen LogP contribution in [0.25, 0.3) is 21.9 Å². The number of nitrogens with one attached hydrogen (secondary N) is 1. The number of H-pyrrole nitrogens is 1. The maximum absolute atomic E-state index is 13.4. The van der Waals surface area contributed by atoms with Crippen LogP contribution in [-0.4, -0.2) is 91.4 Å². The third-order valence-electron chi connectivity index (χ3n) is 7.75. The first-order valence-corrected chi connectivity index (χ1v) is 15.0. The zero-order valence-corrected chi connectivity index (χ0v) is 22.9. The molecule has 1 atom stereocenters. The summed E-state index contributed by atoms with van der Waals surface area (Å²) in [5.41, 5.74) is 2.82. The molecule has 1 aromatic carbocycles. The van der Waals surface area contributed by atoms with E-state index >= 15 is 0 Å². The fourth-order valence-electron chi connectivity index (χ4n) is 5.63. The molecular formula is C28H34N6O4S. The van der Waals surface area contributed by atoms with Crippen LogP contribution < -0.4 is 14.4 Å². The number of methoxy groups -OCH3 is 1. The second-order valence-electron chi connectivity index (χ2n) is 10.3. The molecule has 39 heavy (non-hydrogen) atoms. The monoisotopic (exact) mass is 550 g/mol. The van der Waals surface area contributed by atoms with Gasteiger partial charge in [-0.2, -0.15) is 0 Å². The van der Waals surface area contributed by atoms with Crippen molar-refractivity contribution < 1.29 is 17.9 Å². The number of anilines is 1. The van der Waals surface area contributed by atoms with Crippen molar-refractivity contribution >= 4 is 37.6 Å². The maximum atomic E-state index is 13.4. The predicted octanol–water partition coefficient (Wildman–Crippen LogP) is 3.32. The number of piperazine rings is 1. The summed E-state index contributed by atoms with van der Waals surface area (Å²) in [4.78, 5) is 16.5. The smallest absolute Gasteiger partial charge is 0.227 e. The molecule has 5 heterocycles. The molecule has 2 aliphatic heterocycles. The molecule has 0 spiro atoms. The molecule has 0 bridgehead atoms. The van der Waals surface area contributed by atoms with E-state index in [2.05, 4.69) is 24.8 Å². The molecule has 1 N–H and O–H groups in total. The molecule has 0 aliphatic carbocycles. The van der Waals surface area contributed by atoms with E-state index in [1.807, 2.05) is 48.8 Å². The second kappa shape index (κ2) is 11.0. The first kappa shape index (κ1) is 25.8. The Balaban J connectivity index is 1.05. The number of aromatic amines is 1. The Morgan fingerprint density at radius 1 is 1.00 bits per heavy atom. The summed E-state index contributed by atoms with van der Waals surface area (Å²) in [5, 5.41) is 2.14. The van der Waals surface area contributed by atoms with E-state index in [0.29, 0.717) is 32.8 Å². The van der Waals surface area contributed by atoms with Gasteiger partial charge in [-0.05, 0) is 49.2 Å². The van der Waals surface area contributed by atoms with Gasteiger partial charge in [-0.25, -0.2) is 17.7 Å². The molecule has 6 rings (SSSR count). The number of rotatable bonds is 8. The number of aromatic nitrogens is 3. The minimum absolute atomic E-state index is 0.0516. The normalized spacial score (nSPS) is 19.5. The topological polar surface area (TPSA) is 104 Å². The standard InChI is InChI=1S/C28H34N6O4S/c1-37-22-4-6-23(7-5-22)38-19-21-3-2-12-34(18-21)39(35,36)20-32-13-15-33(16-14-32)26-9-11-29-25-17-31-28-24(27(25)26)8-10-30-28/h4-11,17,21H,2-3,12-16,18-20H2,1H3,(H,30,31). The molecule has 2 fully saturated rings. The number of pyridine rings is 2. The number of hydrogen-bond acceptors (Lipinski definition) is 8. The molecule has 2 saturated heterocycles. The van der Waals surface area contributed by atoms with Crippen LogP contribution in [0, 0.1) is 5.92 Å². The molecule has 206 valence electrons. The summed E-state index contributed by atoms with van der Waals surface area (Å²) >= 11 is 0. The van der Waals surface area contributed by atoms with Crippen LogP contribution in [-0.2, 0) is 10.0 Å². The first-order valence-electron chi connectivity index (χ1n) is 13.4. The summed E-state index contributed by atoms with van der Waals surface area (Å²) in [6, 6.07) is 11.6. The highest BCUT2D eigenvalue weighted by atomic mass is 32.2. The van der Waals surface area contributed by atoms with Crippen LogP contribution in [0.4, 0.5) is 5.69 Å². The van der Waals surface area contributed by atoms with Crippen LogP contribution in [0.5, 0.6) is 11.5 Å². The Labute approximate surface area is 228 Å². The van der Waals surface area contributed by atoms with Gasteiger partial charge in [0, 0.05) is 74.0 Å². The number of sulfonamides is 1. The fraction of sp³-hybridized carbons (Fsp3) is 0.429. The van der Waals surface area contributed by atoms with Gasteiger partial charge in [0.05, 0.1) is 25.4 Å². The van der Waals surface area contributed by atoms with Crippen molar-refractivity contribution in [2.24, 2.45) is 5.92 Å². The molecule has 0 saturated carbocycles. The summed E-state index contributed by atoms with van der Waals surface area (Å²) in [5.74, 6) is 1.77. The highest BCUT2D eigenvalue weighted by Crippen LogP contribution is 2.32. The lowest BCUT2D eigenvalue weighted by molar-refractivity contribution is 0.177. The Kier molecular flexibility index (Phi) is 7.28. The summed E-state index contributed by atoms with van der Waals surface area (Å²) in [6.07, 6.45) is 7.33. The molecule has 1 unspecified atom stereocenters. The van der Waals surface area contributed by atoms with Gasteiger partial charge in [-0.3, -0.25) is 9.88 Å². The minimum Gasteiger partial charge on any atom is -0.497 e. The lowest BCUT2D eigenvalue weighted by Gasteiger charge is -2.38. The van der Waals surface area contributed by atoms with E-state index in [9.17, 15) is 8.42 Å². The number of fused-ring (bicyclic) bond motifs is 3. The average molecular weight is 551 g/mol. The van der Waals surface area contributed by atoms with Crippen molar-refractivity contribution in [3.8, 4) is 11.5 Å². The predicted molar refractivity (Wildman–Crippen MR) is 152 cm³/mol. The van der Waals surface area contributed by atoms with E-state index in [1.165, 1.54) is 0 Å². The average Bonchev–Trinajstić information content (AvgIpc) is 3.46. The van der Waals surface area contributed by atoms with Crippen LogP contribution in [0.2, 0.25) is 0 Å². The third kappa shape index (κ3) is 5.52. The van der Waals surface area contributed by atoms with Crippen molar-refractivity contribution in [2.45, 2.75) is 12.8 Å². The van der Waals surface area contributed by atoms with E-state index in [0.717, 1.165) is 65.1 Å². The van der Waals surface area contributed by atoms with Crippen LogP contribution in [0.15, 0.2) is 55.0 Å². The van der Waals surface area contributed by atoms with E-state index < -0.39 is 10.0 Å². The molecule has 3 aromatic heterocycles. The van der Waals surface area contributed by atoms with Crippen LogP contribution >= 0.6 is 0 Å². The van der Waals surface area contributed by atoms with Gasteiger partial charge in [0.2, 0.25) is 10.0 Å². The summed E-state index contributed by atoms with van der Waals surface area (Å²) in [6.45, 7) is 4.45. The molecule has 10 nitrogen and oxygen atoms in total. The number of nitrogens with zero attached hydrogens (tertiary/aromatic N) is 5. The SMILES string of the molecule is COc1ccc(OCC2CCCN(S(=O)(=O)CN3CCN(c4ccnc5cnc6[nH]ccc6c45)CC3)C2)cc1. The molecule has 0 amide bonds. The third-order valence-corrected chi connectivity index (χ3v) is 9.56. The van der Waals surface area contributed by atoms with Gasteiger partial charge in [0.25, 0.3) is 0 Å². The zero-order chi connectivity index (χ0) is 26.8. The molecule has 11 heteroatoms. The Bertz CT molecular complexity index is 1530. The van der Waals surface area contributed by atoms with Crippen LogP contribution in [0.1, 0.15) is 12.8 Å². The van der Waals surface area contributed by atoms with Gasteiger partial charge in [0.1, 0.15) is 23.0 Å². The largest absolute Gasteiger partial charge is 0.497 e. The maximum Gasteiger partial charge on any atom is 0.227 e. The highest BCUT2D eigenvalue weighted by Gasteiger charge is 2.32. The van der Waals surface area contributed by atoms with Gasteiger partial charge in [-0.1, -0.05) is 0 Å². The Morgan fingerprint density at radius 2 is 1.79 bits per heavy atom. The molecule has 0 radical (unpaired) electrons. The molecule has 4 aromatic rings. The minimum atomic E-state index is -3.40. The lowest BCUT2D eigenvalue weighted by Crippen LogP contribution is -2.51. The number of benzene rings is 1. The molecule has 2 aliphatic rings. The summed E-state index contributed by atoms with van der Waals surface area (Å²) < 4.78 is 39.6. The number of piperidine rings is 1. The van der Waals surface area contributed by atoms with E-state index in [-0.39, 0.29) is 11.8 Å². The second-order valence-corrected chi connectivity index (χ2v) is 12.2. The van der Waals surface area contributed by atoms with Crippen molar-refractivity contribution in [1.29, 1.82) is 0 Å². The van der Waals surface area contributed by atoms with Gasteiger partial charge >= 0.3 is 0 Å². The van der Waals surface area contributed by atoms with Gasteiger partial charge in [-0.15, -0.1) is 0 Å². The van der Waals surface area contributed by atoms with Crippen LogP contribution in [0.3, 0.4) is 0 Å². The van der Waals surface area contributed by atoms with Gasteiger partial charge in [0.15, 0.2) is 0 Å². The number of hydrogen-bond donors (Lipinski definition) is 1. The van der Waals surface area contributed by atoms with E-state index in [4.69, 9.17) is 9.47 Å². The van der Waals surface area contributed by atoms with Gasteiger partial charge < -0.3 is 19.4 Å². The van der Waals surface area contributed by atoms with E-state index in [1.54, 1.807) is 17.6 Å². The Hall–Kier alpha value is -3.41. The fourth-order valence-corrected chi connectivity index (χ4v) is 7.36. The quantitative estimate of drug-likeness (QED) is 0.356. The van der Waals surface area contributed by atoms with Crippen molar-refractivity contribution in [3.63, 3.8) is 0 Å². The Morgan fingerprint density at radius 3 is 2.59 bits per heavy atom. The zero-order valence-electron chi connectivity index (χ0n) is 22.1. The van der Waals surface area contributed by atoms with Crippen molar-refractivity contribution in [1.82, 2.24) is 24.2 Å².